The van der Waals surface area contributed by atoms with Gasteiger partial charge in [-0.3, -0.25) is 9.59 Å². The van der Waals surface area contributed by atoms with E-state index in [0.29, 0.717) is 22.4 Å². The molecule has 32 heavy (non-hydrogen) atoms. The fourth-order valence-corrected chi connectivity index (χ4v) is 3.88. The normalized spacial score (nSPS) is 12.4. The monoisotopic (exact) mass is 438 g/mol. The summed E-state index contributed by atoms with van der Waals surface area (Å²) in [5.41, 5.74) is 6.79. The molecule has 0 bridgehead atoms. The minimum Gasteiger partial charge on any atom is -0.496 e. The third kappa shape index (κ3) is 6.19. The summed E-state index contributed by atoms with van der Waals surface area (Å²) in [6, 6.07) is 10.9. The van der Waals surface area contributed by atoms with Crippen molar-refractivity contribution in [2.75, 3.05) is 7.11 Å². The van der Waals surface area contributed by atoms with Crippen molar-refractivity contribution in [1.29, 1.82) is 0 Å². The molecule has 174 valence electrons. The van der Waals surface area contributed by atoms with Crippen molar-refractivity contribution in [3.63, 3.8) is 0 Å². The fourth-order valence-electron chi connectivity index (χ4n) is 3.88. The molecule has 0 heterocycles. The highest BCUT2D eigenvalue weighted by Crippen LogP contribution is 2.27. The number of nitrogens with one attached hydrogen (secondary N) is 1. The van der Waals surface area contributed by atoms with Gasteiger partial charge in [0.15, 0.2) is 0 Å². The van der Waals surface area contributed by atoms with E-state index in [1.165, 1.54) is 5.01 Å². The zero-order valence-electron chi connectivity index (χ0n) is 20.8. The average molecular weight is 439 g/mol. The predicted molar refractivity (Wildman–Crippen MR) is 130 cm³/mol. The first kappa shape index (κ1) is 25.6. The number of ether oxygens (including phenoxy) is 1. The summed E-state index contributed by atoms with van der Waals surface area (Å²) in [4.78, 5) is 27.4. The van der Waals surface area contributed by atoms with Crippen molar-refractivity contribution in [1.82, 2.24) is 10.4 Å². The van der Waals surface area contributed by atoms with Gasteiger partial charge >= 0.3 is 0 Å². The summed E-state index contributed by atoms with van der Waals surface area (Å²) in [5, 5.41) is 1.21. The van der Waals surface area contributed by atoms with Crippen LogP contribution in [0.25, 0.3) is 0 Å². The SMILES string of the molecule is CCCCC(NN(C(=O)c1cc(C)cc(C)c1)C(=O)c1cccc(OC)c1C)C(C)(C)C. The van der Waals surface area contributed by atoms with E-state index in [4.69, 9.17) is 4.74 Å². The van der Waals surface area contributed by atoms with Crippen molar-refractivity contribution in [2.45, 2.75) is 73.8 Å². The Morgan fingerprint density at radius 1 is 1.03 bits per heavy atom. The van der Waals surface area contributed by atoms with Crippen LogP contribution in [-0.2, 0) is 0 Å². The Morgan fingerprint density at radius 3 is 2.19 bits per heavy atom. The van der Waals surface area contributed by atoms with Crippen LogP contribution in [0.5, 0.6) is 5.75 Å². The van der Waals surface area contributed by atoms with Crippen molar-refractivity contribution in [3.05, 3.63) is 64.2 Å². The van der Waals surface area contributed by atoms with Gasteiger partial charge in [-0.15, -0.1) is 0 Å². The zero-order valence-corrected chi connectivity index (χ0v) is 20.8. The van der Waals surface area contributed by atoms with E-state index in [9.17, 15) is 9.59 Å². The third-order valence-corrected chi connectivity index (χ3v) is 5.79. The van der Waals surface area contributed by atoms with Gasteiger partial charge in [0.05, 0.1) is 7.11 Å². The first-order valence-corrected chi connectivity index (χ1v) is 11.4. The summed E-state index contributed by atoms with van der Waals surface area (Å²) in [6.45, 7) is 14.3. The van der Waals surface area contributed by atoms with Gasteiger partial charge in [0, 0.05) is 22.7 Å². The molecule has 5 heteroatoms. The molecule has 0 saturated heterocycles. The Balaban J connectivity index is 2.55. The lowest BCUT2D eigenvalue weighted by molar-refractivity contribution is 0.0423. The number of hydrogen-bond donors (Lipinski definition) is 1. The number of hydrogen-bond acceptors (Lipinski definition) is 4. The summed E-state index contributed by atoms with van der Waals surface area (Å²) in [7, 11) is 1.58. The molecule has 0 aliphatic rings. The Bertz CT molecular complexity index is 940. The van der Waals surface area contributed by atoms with E-state index in [1.807, 2.05) is 45.0 Å². The molecular formula is C27H38N2O3. The van der Waals surface area contributed by atoms with Gasteiger partial charge in [0.25, 0.3) is 11.8 Å². The van der Waals surface area contributed by atoms with E-state index in [0.717, 1.165) is 30.4 Å². The molecule has 0 radical (unpaired) electrons. The Kier molecular flexibility index (Phi) is 8.62. The van der Waals surface area contributed by atoms with Crippen LogP contribution in [0, 0.1) is 26.2 Å². The molecule has 0 spiro atoms. The molecule has 0 fully saturated rings. The van der Waals surface area contributed by atoms with Gasteiger partial charge in [0.2, 0.25) is 0 Å². The maximum absolute atomic E-state index is 13.7. The molecule has 0 aliphatic carbocycles. The van der Waals surface area contributed by atoms with E-state index in [2.05, 4.69) is 33.1 Å². The van der Waals surface area contributed by atoms with Crippen LogP contribution < -0.4 is 10.2 Å². The minimum atomic E-state index is -0.378. The predicted octanol–water partition coefficient (Wildman–Crippen LogP) is 6.01. The number of rotatable bonds is 8. The molecule has 5 nitrogen and oxygen atoms in total. The highest BCUT2D eigenvalue weighted by atomic mass is 16.5. The standard InChI is InChI=1S/C27H38N2O3/c1-9-10-14-24(27(5,6)7)28-29(25(30)21-16-18(2)15-19(3)17-21)26(31)22-12-11-13-23(32-8)20(22)4/h11-13,15-17,24,28H,9-10,14H2,1-8H3. The van der Waals surface area contributed by atoms with Gasteiger partial charge < -0.3 is 4.74 Å². The number of nitrogens with zero attached hydrogens (tertiary/aromatic N) is 1. The number of hydrazine groups is 1. The van der Waals surface area contributed by atoms with Crippen LogP contribution in [0.4, 0.5) is 0 Å². The highest BCUT2D eigenvalue weighted by Gasteiger charge is 2.33. The second-order valence-electron chi connectivity index (χ2n) is 9.64. The lowest BCUT2D eigenvalue weighted by atomic mass is 9.84. The topological polar surface area (TPSA) is 58.6 Å². The average Bonchev–Trinajstić information content (AvgIpc) is 2.71. The fraction of sp³-hybridized carbons (Fsp3) is 0.481. The number of aryl methyl sites for hydroxylation is 2. The quantitative estimate of drug-likeness (QED) is 0.405. The van der Waals surface area contributed by atoms with Crippen LogP contribution in [0.3, 0.4) is 0 Å². The molecule has 1 unspecified atom stereocenters. The zero-order chi connectivity index (χ0) is 24.1. The molecule has 2 aromatic rings. The number of unbranched alkanes of at least 4 members (excludes halogenated alkanes) is 1. The minimum absolute atomic E-state index is 0.0489. The number of amides is 2. The maximum atomic E-state index is 13.7. The van der Waals surface area contributed by atoms with Gasteiger partial charge in [-0.05, 0) is 56.9 Å². The lowest BCUT2D eigenvalue weighted by Gasteiger charge is -2.36. The van der Waals surface area contributed by atoms with Crippen molar-refractivity contribution < 1.29 is 14.3 Å². The van der Waals surface area contributed by atoms with Crippen LogP contribution in [0.2, 0.25) is 0 Å². The van der Waals surface area contributed by atoms with Crippen LogP contribution in [0.15, 0.2) is 36.4 Å². The second-order valence-corrected chi connectivity index (χ2v) is 9.64. The Hall–Kier alpha value is -2.66. The number of methoxy groups -OCH3 is 1. The number of carbonyl (C=O) groups is 2. The molecule has 0 aliphatic heterocycles. The first-order chi connectivity index (χ1) is 15.0. The van der Waals surface area contributed by atoms with Crippen LogP contribution in [0.1, 0.15) is 84.4 Å². The van der Waals surface area contributed by atoms with Gasteiger partial charge in [0.1, 0.15) is 5.75 Å². The molecule has 2 amide bonds. The lowest BCUT2D eigenvalue weighted by Crippen LogP contribution is -2.55. The molecule has 2 aromatic carbocycles. The second kappa shape index (κ2) is 10.8. The summed E-state index contributed by atoms with van der Waals surface area (Å²) >= 11 is 0. The van der Waals surface area contributed by atoms with Gasteiger partial charge in [-0.1, -0.05) is 63.8 Å². The molecule has 1 N–H and O–H groups in total. The summed E-state index contributed by atoms with van der Waals surface area (Å²) in [6.07, 6.45) is 2.91. The largest absolute Gasteiger partial charge is 0.496 e. The summed E-state index contributed by atoms with van der Waals surface area (Å²) in [5.74, 6) is -0.112. The molecule has 0 aromatic heterocycles. The highest BCUT2D eigenvalue weighted by molar-refractivity contribution is 6.10. The first-order valence-electron chi connectivity index (χ1n) is 11.4. The van der Waals surface area contributed by atoms with E-state index in [1.54, 1.807) is 19.2 Å². The van der Waals surface area contributed by atoms with Crippen molar-refractivity contribution in [2.24, 2.45) is 5.41 Å². The van der Waals surface area contributed by atoms with Crippen LogP contribution in [-0.4, -0.2) is 30.0 Å². The van der Waals surface area contributed by atoms with Gasteiger partial charge in [-0.25, -0.2) is 10.4 Å². The van der Waals surface area contributed by atoms with Crippen molar-refractivity contribution in [3.8, 4) is 5.75 Å². The van der Waals surface area contributed by atoms with E-state index < -0.39 is 0 Å². The number of benzene rings is 2. The molecule has 2 rings (SSSR count). The van der Waals surface area contributed by atoms with Crippen molar-refractivity contribution >= 4 is 11.8 Å². The Labute approximate surface area is 193 Å². The third-order valence-electron chi connectivity index (χ3n) is 5.79. The maximum Gasteiger partial charge on any atom is 0.275 e. The Morgan fingerprint density at radius 2 is 1.66 bits per heavy atom. The number of carbonyl (C=O) groups excluding carboxylic acids is 2. The number of imide groups is 1. The van der Waals surface area contributed by atoms with Crippen LogP contribution >= 0.6 is 0 Å². The van der Waals surface area contributed by atoms with E-state index >= 15 is 0 Å². The molecule has 1 atom stereocenters. The summed E-state index contributed by atoms with van der Waals surface area (Å²) < 4.78 is 5.40. The van der Waals surface area contributed by atoms with Gasteiger partial charge in [-0.2, -0.15) is 0 Å². The molecule has 0 saturated carbocycles. The smallest absolute Gasteiger partial charge is 0.275 e. The van der Waals surface area contributed by atoms with E-state index in [-0.39, 0.29) is 23.3 Å². The molecular weight excluding hydrogens is 400 g/mol.